The van der Waals surface area contributed by atoms with Crippen LogP contribution in [0.4, 0.5) is 0 Å². The van der Waals surface area contributed by atoms with Crippen molar-refractivity contribution in [2.24, 2.45) is 9.98 Å². The third-order valence-corrected chi connectivity index (χ3v) is 12.3. The number of benzene rings is 6. The van der Waals surface area contributed by atoms with Gasteiger partial charge in [-0.2, -0.15) is 0 Å². The Labute approximate surface area is 357 Å². The van der Waals surface area contributed by atoms with Crippen LogP contribution in [0.2, 0.25) is 0 Å². The molecule has 5 nitrogen and oxygen atoms in total. The summed E-state index contributed by atoms with van der Waals surface area (Å²) in [4.78, 5) is 9.24. The van der Waals surface area contributed by atoms with Crippen LogP contribution in [0, 0.1) is 12.1 Å². The third-order valence-electron chi connectivity index (χ3n) is 12.3. The van der Waals surface area contributed by atoms with Crippen molar-refractivity contribution >= 4 is 23.3 Å². The number of nitrogens with zero attached hydrogens (tertiary/aromatic N) is 2. The van der Waals surface area contributed by atoms with Gasteiger partial charge in [-0.1, -0.05) is 152 Å². The lowest BCUT2D eigenvalue weighted by Gasteiger charge is -2.33. The molecule has 3 atom stereocenters. The molecule has 5 heteroatoms. The van der Waals surface area contributed by atoms with Crippen LogP contribution in [-0.4, -0.2) is 18.6 Å². The van der Waals surface area contributed by atoms with E-state index in [9.17, 15) is 0 Å². The van der Waals surface area contributed by atoms with Crippen molar-refractivity contribution in [3.63, 3.8) is 0 Å². The molecule has 3 heterocycles. The Balaban J connectivity index is 0.954. The fourth-order valence-electron chi connectivity index (χ4n) is 9.33. The molecule has 7 aromatic rings. The Morgan fingerprint density at radius 2 is 1.34 bits per heavy atom. The van der Waals surface area contributed by atoms with E-state index in [1.54, 1.807) is 0 Å². The molecule has 11 rings (SSSR count). The molecule has 3 N–H and O–H groups in total. The van der Waals surface area contributed by atoms with Crippen molar-refractivity contribution in [3.05, 3.63) is 263 Å². The predicted molar refractivity (Wildman–Crippen MR) is 249 cm³/mol. The molecule has 0 bridgehead atoms. The van der Waals surface area contributed by atoms with Crippen molar-refractivity contribution in [3.8, 4) is 22.3 Å². The van der Waals surface area contributed by atoms with Crippen LogP contribution in [0.1, 0.15) is 62.3 Å². The highest BCUT2D eigenvalue weighted by Gasteiger charge is 2.46. The molecule has 61 heavy (non-hydrogen) atoms. The average Bonchev–Trinajstić information content (AvgIpc) is 3.65. The van der Waals surface area contributed by atoms with Crippen molar-refractivity contribution in [1.82, 2.24) is 16.0 Å². The van der Waals surface area contributed by atoms with E-state index in [-0.39, 0.29) is 12.2 Å². The number of nitrogens with one attached hydrogen (secondary N) is 3. The molecule has 3 aliphatic heterocycles. The Bertz CT molecular complexity index is 2900. The second-order valence-electron chi connectivity index (χ2n) is 15.7. The van der Waals surface area contributed by atoms with E-state index in [4.69, 9.17) is 0 Å². The van der Waals surface area contributed by atoms with Gasteiger partial charge in [0.2, 0.25) is 0 Å². The largest absolute Gasteiger partial charge is 0.374 e. The van der Waals surface area contributed by atoms with Gasteiger partial charge in [-0.05, 0) is 127 Å². The fourth-order valence-corrected chi connectivity index (χ4v) is 9.33. The van der Waals surface area contributed by atoms with Crippen LogP contribution in [0.3, 0.4) is 0 Å². The lowest BCUT2D eigenvalue weighted by atomic mass is 9.67. The Hall–Kier alpha value is -7.94. The number of dihydropyridines is 1. The van der Waals surface area contributed by atoms with Gasteiger partial charge in [0.1, 0.15) is 12.0 Å². The number of aliphatic imine (C=N–C) groups is 2. The first-order valence-electron chi connectivity index (χ1n) is 20.8. The van der Waals surface area contributed by atoms with E-state index in [0.29, 0.717) is 6.54 Å². The van der Waals surface area contributed by atoms with Crippen LogP contribution >= 0.6 is 0 Å². The second-order valence-corrected chi connectivity index (χ2v) is 15.7. The smallest absolute Gasteiger partial charge is 0.144 e. The maximum absolute atomic E-state index is 4.64. The molecule has 4 aliphatic rings. The summed E-state index contributed by atoms with van der Waals surface area (Å²) >= 11 is 0. The maximum atomic E-state index is 4.64. The minimum atomic E-state index is -0.492. The lowest BCUT2D eigenvalue weighted by molar-refractivity contribution is 0.653. The topological polar surface area (TPSA) is 60.8 Å². The quantitative estimate of drug-likeness (QED) is 0.144. The highest BCUT2D eigenvalue weighted by molar-refractivity contribution is 6.00. The second kappa shape index (κ2) is 15.3. The number of amidine groups is 1. The van der Waals surface area contributed by atoms with E-state index in [2.05, 4.69) is 208 Å². The maximum Gasteiger partial charge on any atom is 0.144 e. The highest BCUT2D eigenvalue weighted by atomic mass is 15.1. The molecular weight excluding hydrogens is 743 g/mol. The summed E-state index contributed by atoms with van der Waals surface area (Å²) in [5, 5.41) is 10.5. The van der Waals surface area contributed by atoms with Crippen LogP contribution in [0.15, 0.2) is 210 Å². The number of allylic oxidation sites excluding steroid dienone is 3. The first-order chi connectivity index (χ1) is 30.2. The normalized spacial score (nSPS) is 17.9. The van der Waals surface area contributed by atoms with Crippen molar-refractivity contribution in [2.45, 2.75) is 17.6 Å². The minimum Gasteiger partial charge on any atom is -0.374 e. The molecule has 0 saturated heterocycles. The number of rotatable bonds is 8. The molecule has 0 amide bonds. The fraction of sp³-hybridized carbons (Fsp3) is 0.0714. The van der Waals surface area contributed by atoms with Crippen molar-refractivity contribution in [2.75, 3.05) is 6.54 Å². The van der Waals surface area contributed by atoms with Gasteiger partial charge in [0, 0.05) is 23.7 Å². The monoisotopic (exact) mass is 783 g/mol. The number of hydrogen-bond acceptors (Lipinski definition) is 5. The summed E-state index contributed by atoms with van der Waals surface area (Å²) in [6.07, 6.45) is 14.2. The molecule has 1 aliphatic carbocycles. The molecule has 0 saturated carbocycles. The zero-order valence-corrected chi connectivity index (χ0v) is 33.4. The number of fused-ring (bicyclic) bond motifs is 3. The van der Waals surface area contributed by atoms with Gasteiger partial charge in [-0.15, -0.1) is 0 Å². The van der Waals surface area contributed by atoms with Crippen molar-refractivity contribution < 1.29 is 0 Å². The van der Waals surface area contributed by atoms with E-state index in [0.717, 1.165) is 44.9 Å². The predicted octanol–water partition coefficient (Wildman–Crippen LogP) is 11.1. The van der Waals surface area contributed by atoms with E-state index >= 15 is 0 Å². The average molecular weight is 784 g/mol. The minimum absolute atomic E-state index is 0.0448. The van der Waals surface area contributed by atoms with Crippen molar-refractivity contribution in [1.29, 1.82) is 0 Å². The van der Waals surface area contributed by atoms with E-state index < -0.39 is 5.41 Å². The van der Waals surface area contributed by atoms with Gasteiger partial charge < -0.3 is 16.0 Å². The first-order valence-corrected chi connectivity index (χ1v) is 20.8. The van der Waals surface area contributed by atoms with Gasteiger partial charge in [0.15, 0.2) is 0 Å². The summed E-state index contributed by atoms with van der Waals surface area (Å²) in [5.41, 5.74) is 17.2. The van der Waals surface area contributed by atoms with Gasteiger partial charge in [-0.25, -0.2) is 0 Å². The van der Waals surface area contributed by atoms with Crippen LogP contribution in [0.25, 0.3) is 33.5 Å². The van der Waals surface area contributed by atoms with Crippen LogP contribution in [0.5, 0.6) is 0 Å². The van der Waals surface area contributed by atoms with Gasteiger partial charge in [-0.3, -0.25) is 9.98 Å². The van der Waals surface area contributed by atoms with E-state index in [1.807, 2.05) is 36.8 Å². The first kappa shape index (κ1) is 36.2. The molecule has 0 fully saturated rings. The van der Waals surface area contributed by atoms with Crippen LogP contribution < -0.4 is 16.0 Å². The van der Waals surface area contributed by atoms with Gasteiger partial charge in [0.05, 0.1) is 18.0 Å². The molecular formula is C56H41N5. The molecule has 0 radical (unpaired) electrons. The summed E-state index contributed by atoms with van der Waals surface area (Å²) < 4.78 is 0. The summed E-state index contributed by atoms with van der Waals surface area (Å²) in [7, 11) is 0. The molecule has 290 valence electrons. The van der Waals surface area contributed by atoms with Gasteiger partial charge in [0.25, 0.3) is 0 Å². The number of hydrogen-bond donors (Lipinski definition) is 3. The summed E-state index contributed by atoms with van der Waals surface area (Å²) in [6, 6.07) is 65.8. The Morgan fingerprint density at radius 1 is 0.607 bits per heavy atom. The Kier molecular flexibility index (Phi) is 9.09. The highest BCUT2D eigenvalue weighted by Crippen LogP contribution is 2.56. The van der Waals surface area contributed by atoms with Crippen LogP contribution in [-0.2, 0) is 5.41 Å². The Morgan fingerprint density at radius 3 is 2.11 bits per heavy atom. The summed E-state index contributed by atoms with van der Waals surface area (Å²) in [5.74, 6) is 0.894. The zero-order chi connectivity index (χ0) is 40.6. The molecule has 0 aromatic heterocycles. The third kappa shape index (κ3) is 6.46. The van der Waals surface area contributed by atoms with E-state index in [1.165, 1.54) is 44.5 Å². The SMILES string of the molecule is c1ccc(C2(c3ccccc3)c3ccccc3-c3ccc(-c4ccc(C5=CC(c6ccc(C7N=CC=CN7)cc6)=CC(c6ccc(C7=NCC=CN7)cc6)N5)cc4)cc32)cc#1. The zero-order valence-electron chi connectivity index (χ0n) is 33.4. The molecule has 0 spiro atoms. The molecule has 7 aromatic carbocycles. The summed E-state index contributed by atoms with van der Waals surface area (Å²) in [6.45, 7) is 0.687. The standard InChI is InChI=1S/C56H41N5/c1-3-11-46(12-4-1)56(47-13-5-2-6-14-47)50-16-8-7-15-48(50)49-30-29-44(35-51(49)56)38-17-21-40(22-18-38)52-36-45(39-19-25-42(26-20-39)54-57-31-9-32-58-54)37-53(61-52)41-23-27-43(28-24-41)55-59-33-10-34-60-55/h1,3-5,7-33,35-37,53-54,57,61H,34H2,(H,59,60). The lowest BCUT2D eigenvalue weighted by Crippen LogP contribution is -2.28. The van der Waals surface area contributed by atoms with Gasteiger partial charge >= 0.3 is 0 Å². The molecule has 3 unspecified atom stereocenters.